The molecule has 0 unspecified atom stereocenters. The minimum absolute atomic E-state index is 0.493. The zero-order chi connectivity index (χ0) is 15.3. The number of hydrogen-bond donors (Lipinski definition) is 1. The van der Waals surface area contributed by atoms with Crippen molar-refractivity contribution >= 4 is 13.3 Å². The number of ether oxygens (including phenoxy) is 1. The third-order valence-electron chi connectivity index (χ3n) is 2.76. The van der Waals surface area contributed by atoms with Crippen molar-refractivity contribution in [2.24, 2.45) is 0 Å². The first-order valence-electron chi connectivity index (χ1n) is 6.54. The molecule has 0 amide bonds. The summed E-state index contributed by atoms with van der Waals surface area (Å²) in [5.41, 5.74) is 1.27. The molecule has 1 rings (SSSR count). The largest absolute Gasteiger partial charge is 0.458 e. The second-order valence-electron chi connectivity index (χ2n) is 5.28. The molecule has 0 aliphatic carbocycles. The molecule has 0 aliphatic rings. The van der Waals surface area contributed by atoms with Gasteiger partial charge in [-0.2, -0.15) is 0 Å². The predicted octanol–water partition coefficient (Wildman–Crippen LogP) is 3.12. The second kappa shape index (κ2) is 6.62. The molecule has 1 aromatic carbocycles. The summed E-state index contributed by atoms with van der Waals surface area (Å²) in [6.45, 7) is 11.0. The fourth-order valence-corrected chi connectivity index (χ4v) is 1.56. The van der Waals surface area contributed by atoms with Gasteiger partial charge in [-0.15, -0.1) is 0 Å². The minimum atomic E-state index is -0.921. The van der Waals surface area contributed by atoms with Gasteiger partial charge in [0.25, 0.3) is 0 Å². The van der Waals surface area contributed by atoms with Crippen LogP contribution < -0.4 is 10.2 Å². The van der Waals surface area contributed by atoms with Gasteiger partial charge in [0.2, 0.25) is 0 Å². The van der Waals surface area contributed by atoms with Crippen molar-refractivity contribution in [3.05, 3.63) is 59.9 Å². The average Bonchev–Trinajstić information content (AvgIpc) is 2.34. The van der Waals surface area contributed by atoms with E-state index in [1.807, 2.05) is 32.1 Å². The van der Waals surface area contributed by atoms with Crippen molar-refractivity contribution in [3.8, 4) is 5.75 Å². The van der Waals surface area contributed by atoms with Gasteiger partial charge in [0, 0.05) is 0 Å². The van der Waals surface area contributed by atoms with E-state index < -0.39 is 5.60 Å². The number of hydrogen-bond acceptors (Lipinski definition) is 2. The Morgan fingerprint density at radius 2 is 2.00 bits per heavy atom. The first kappa shape index (κ1) is 16.3. The molecule has 1 aromatic rings. The standard InChI is InChI=1S/C17H21BO2/c1-6-14(9-7-12(2)3)20-16-10-8-13(11-15(16)18)17(4,5)19/h6-11,19H,2H2,1,3-5H3/b9-7-,14-6+. The smallest absolute Gasteiger partial charge is 0.123 e. The SMILES string of the molecule is [B]c1cc(C(C)(C)O)ccc1OC(/C=C\C(=C)C)=C/C. The van der Waals surface area contributed by atoms with Crippen molar-refractivity contribution in [2.75, 3.05) is 0 Å². The lowest BCUT2D eigenvalue weighted by atomic mass is 9.88. The van der Waals surface area contributed by atoms with Crippen LogP contribution in [-0.2, 0) is 5.60 Å². The third-order valence-corrected chi connectivity index (χ3v) is 2.76. The Hall–Kier alpha value is -1.74. The Morgan fingerprint density at radius 1 is 1.35 bits per heavy atom. The van der Waals surface area contributed by atoms with Gasteiger partial charge in [-0.1, -0.05) is 35.8 Å². The van der Waals surface area contributed by atoms with Gasteiger partial charge in [0.05, 0.1) is 5.60 Å². The highest BCUT2D eigenvalue weighted by molar-refractivity contribution is 6.34. The lowest BCUT2D eigenvalue weighted by Gasteiger charge is -2.19. The Labute approximate surface area is 122 Å². The molecule has 1 N–H and O–H groups in total. The van der Waals surface area contributed by atoms with E-state index in [1.165, 1.54) is 0 Å². The van der Waals surface area contributed by atoms with Gasteiger partial charge in [-0.25, -0.2) is 0 Å². The zero-order valence-corrected chi connectivity index (χ0v) is 12.6. The molecule has 0 saturated heterocycles. The topological polar surface area (TPSA) is 29.5 Å². The summed E-state index contributed by atoms with van der Waals surface area (Å²) in [7, 11) is 5.97. The molecule has 0 fully saturated rings. The fourth-order valence-electron chi connectivity index (χ4n) is 1.56. The Morgan fingerprint density at radius 3 is 2.45 bits per heavy atom. The molecular formula is C17H21BO2. The lowest BCUT2D eigenvalue weighted by molar-refractivity contribution is 0.0786. The van der Waals surface area contributed by atoms with Crippen LogP contribution in [-0.4, -0.2) is 13.0 Å². The monoisotopic (exact) mass is 268 g/mol. The molecule has 0 heterocycles. The maximum absolute atomic E-state index is 9.95. The Kier molecular flexibility index (Phi) is 5.40. The van der Waals surface area contributed by atoms with Gasteiger partial charge in [0.1, 0.15) is 19.4 Å². The summed E-state index contributed by atoms with van der Waals surface area (Å²) in [6, 6.07) is 5.30. The fraction of sp³-hybridized carbons (Fsp3) is 0.294. The number of rotatable bonds is 5. The Bertz CT molecular complexity index is 549. The molecule has 0 atom stereocenters. The van der Waals surface area contributed by atoms with Crippen LogP contribution in [0.15, 0.2) is 54.3 Å². The van der Waals surface area contributed by atoms with E-state index in [0.29, 0.717) is 17.0 Å². The maximum Gasteiger partial charge on any atom is 0.123 e. The van der Waals surface area contributed by atoms with E-state index >= 15 is 0 Å². The van der Waals surface area contributed by atoms with Crippen molar-refractivity contribution in [2.45, 2.75) is 33.3 Å². The molecule has 104 valence electrons. The van der Waals surface area contributed by atoms with E-state index in [0.717, 1.165) is 11.1 Å². The first-order valence-corrected chi connectivity index (χ1v) is 6.54. The van der Waals surface area contributed by atoms with Crippen LogP contribution in [0, 0.1) is 0 Å². The second-order valence-corrected chi connectivity index (χ2v) is 5.28. The van der Waals surface area contributed by atoms with Gasteiger partial charge >= 0.3 is 0 Å². The van der Waals surface area contributed by atoms with Gasteiger partial charge in [-0.05, 0) is 51.5 Å². The third kappa shape index (κ3) is 4.74. The minimum Gasteiger partial charge on any atom is -0.458 e. The van der Waals surface area contributed by atoms with Crippen molar-refractivity contribution in [1.82, 2.24) is 0 Å². The number of aliphatic hydroxyl groups is 1. The molecule has 0 aliphatic heterocycles. The van der Waals surface area contributed by atoms with Crippen LogP contribution in [0.3, 0.4) is 0 Å². The predicted molar refractivity (Wildman–Crippen MR) is 85.4 cm³/mol. The van der Waals surface area contributed by atoms with E-state index in [4.69, 9.17) is 12.6 Å². The Balaban J connectivity index is 2.96. The molecule has 20 heavy (non-hydrogen) atoms. The van der Waals surface area contributed by atoms with E-state index in [1.54, 1.807) is 32.0 Å². The molecular weight excluding hydrogens is 247 g/mol. The van der Waals surface area contributed by atoms with E-state index in [2.05, 4.69) is 6.58 Å². The van der Waals surface area contributed by atoms with Gasteiger partial charge < -0.3 is 9.84 Å². The van der Waals surface area contributed by atoms with E-state index in [-0.39, 0.29) is 0 Å². The molecule has 0 aromatic heterocycles. The molecule has 3 heteroatoms. The lowest BCUT2D eigenvalue weighted by Crippen LogP contribution is -2.19. The highest BCUT2D eigenvalue weighted by Gasteiger charge is 2.16. The van der Waals surface area contributed by atoms with Crippen LogP contribution in [0.1, 0.15) is 33.3 Å². The molecule has 0 saturated carbocycles. The summed E-state index contributed by atoms with van der Waals surface area (Å²) in [5.74, 6) is 1.26. The zero-order valence-electron chi connectivity index (χ0n) is 12.6. The van der Waals surface area contributed by atoms with Crippen LogP contribution in [0.2, 0.25) is 0 Å². The van der Waals surface area contributed by atoms with Crippen LogP contribution in [0.25, 0.3) is 0 Å². The quantitative estimate of drug-likeness (QED) is 0.505. The van der Waals surface area contributed by atoms with Crippen molar-refractivity contribution in [3.63, 3.8) is 0 Å². The molecule has 0 spiro atoms. The van der Waals surface area contributed by atoms with E-state index in [9.17, 15) is 5.11 Å². The average molecular weight is 268 g/mol. The van der Waals surface area contributed by atoms with Crippen molar-refractivity contribution in [1.29, 1.82) is 0 Å². The summed E-state index contributed by atoms with van der Waals surface area (Å²) in [4.78, 5) is 0. The molecule has 2 radical (unpaired) electrons. The van der Waals surface area contributed by atoms with Crippen molar-refractivity contribution < 1.29 is 9.84 Å². The van der Waals surface area contributed by atoms with Gasteiger partial charge in [0.15, 0.2) is 0 Å². The van der Waals surface area contributed by atoms with Crippen LogP contribution in [0.5, 0.6) is 5.75 Å². The first-order chi connectivity index (χ1) is 9.24. The molecule has 0 bridgehead atoms. The normalized spacial score (nSPS) is 12.8. The highest BCUT2D eigenvalue weighted by Crippen LogP contribution is 2.21. The highest BCUT2D eigenvalue weighted by atomic mass is 16.5. The summed E-state index contributed by atoms with van der Waals surface area (Å²) >= 11 is 0. The summed E-state index contributed by atoms with van der Waals surface area (Å²) in [5, 5.41) is 9.95. The molecule has 2 nitrogen and oxygen atoms in total. The number of allylic oxidation sites excluding steroid dienone is 4. The summed E-state index contributed by atoms with van der Waals surface area (Å²) in [6.07, 6.45) is 5.56. The van der Waals surface area contributed by atoms with Crippen LogP contribution in [0.4, 0.5) is 0 Å². The summed E-state index contributed by atoms with van der Waals surface area (Å²) < 4.78 is 5.74. The van der Waals surface area contributed by atoms with Crippen LogP contribution >= 0.6 is 0 Å². The number of benzene rings is 1. The maximum atomic E-state index is 9.95. The van der Waals surface area contributed by atoms with Gasteiger partial charge in [-0.3, -0.25) is 0 Å².